The average molecular weight is 325 g/mol. The van der Waals surface area contributed by atoms with Gasteiger partial charge in [-0.15, -0.1) is 0 Å². The van der Waals surface area contributed by atoms with Gasteiger partial charge in [0.2, 0.25) is 0 Å². The fourth-order valence-corrected chi connectivity index (χ4v) is 2.60. The van der Waals surface area contributed by atoms with Crippen LogP contribution >= 0.6 is 12.2 Å². The Kier molecular flexibility index (Phi) is 4.85. The van der Waals surface area contributed by atoms with Crippen molar-refractivity contribution in [3.8, 4) is 0 Å². The average Bonchev–Trinajstić information content (AvgIpc) is 3.07. The highest BCUT2D eigenvalue weighted by Gasteiger charge is 2.03. The summed E-state index contributed by atoms with van der Waals surface area (Å²) in [5.74, 6) is 0. The molecule has 5 N–H and O–H groups in total. The van der Waals surface area contributed by atoms with Gasteiger partial charge in [0.05, 0.1) is 0 Å². The van der Waals surface area contributed by atoms with Gasteiger partial charge in [0.25, 0.3) is 0 Å². The lowest BCUT2D eigenvalue weighted by Gasteiger charge is -2.11. The minimum Gasteiger partial charge on any atom is -0.359 e. The third-order valence-corrected chi connectivity index (χ3v) is 3.96. The first-order valence-electron chi connectivity index (χ1n) is 7.47. The highest BCUT2D eigenvalue weighted by atomic mass is 32.1. The molecule has 0 unspecified atom stereocenters. The number of benzene rings is 1. The number of pyridine rings is 1. The van der Waals surface area contributed by atoms with Crippen LogP contribution in [0.25, 0.3) is 11.0 Å². The number of hydrogen-bond acceptors (Lipinski definition) is 3. The van der Waals surface area contributed by atoms with E-state index in [1.165, 1.54) is 0 Å². The number of thiocarbonyl (C=S) groups is 1. The lowest BCUT2D eigenvalue weighted by molar-refractivity contribution is 0.834. The quantitative estimate of drug-likeness (QED) is 0.541. The van der Waals surface area contributed by atoms with E-state index in [1.54, 1.807) is 6.20 Å². The number of aromatic amines is 1. The summed E-state index contributed by atoms with van der Waals surface area (Å²) in [4.78, 5) is 7.39. The van der Waals surface area contributed by atoms with Crippen molar-refractivity contribution in [2.24, 2.45) is 5.73 Å². The zero-order valence-corrected chi connectivity index (χ0v) is 13.5. The van der Waals surface area contributed by atoms with Gasteiger partial charge < -0.3 is 21.4 Å². The lowest BCUT2D eigenvalue weighted by atomic mass is 10.1. The molecular weight excluding hydrogens is 306 g/mol. The minimum atomic E-state index is 0.547. The van der Waals surface area contributed by atoms with Crippen LogP contribution in [0.2, 0.25) is 0 Å². The molecule has 3 aromatic rings. The van der Waals surface area contributed by atoms with Gasteiger partial charge in [-0.2, -0.15) is 0 Å². The third-order valence-electron chi connectivity index (χ3n) is 3.67. The minimum absolute atomic E-state index is 0.547. The molecule has 118 valence electrons. The smallest absolute Gasteiger partial charge is 0.166 e. The van der Waals surface area contributed by atoms with Crippen LogP contribution in [0.3, 0.4) is 0 Å². The Morgan fingerprint density at radius 1 is 1.13 bits per heavy atom. The van der Waals surface area contributed by atoms with Crippen molar-refractivity contribution in [1.82, 2.24) is 20.6 Å². The molecule has 23 heavy (non-hydrogen) atoms. The Balaban J connectivity index is 1.54. The summed E-state index contributed by atoms with van der Waals surface area (Å²) in [6.45, 7) is 1.88. The van der Waals surface area contributed by atoms with Crippen LogP contribution < -0.4 is 16.4 Å². The second kappa shape index (κ2) is 7.21. The molecule has 6 heteroatoms. The standard InChI is InChI=1S/C17H19N5S/c18-9-12-2-1-3-13(8-12)10-21-17(23)22-11-14-4-6-19-16-15(14)5-7-20-16/h1-8H,9-11,18H2,(H,19,20)(H2,21,22,23). The first-order chi connectivity index (χ1) is 11.3. The number of fused-ring (bicyclic) bond motifs is 1. The number of H-pyrrole nitrogens is 1. The molecule has 0 aliphatic rings. The van der Waals surface area contributed by atoms with E-state index in [4.69, 9.17) is 18.0 Å². The van der Waals surface area contributed by atoms with Crippen LogP contribution in [-0.2, 0) is 19.6 Å². The summed E-state index contributed by atoms with van der Waals surface area (Å²) in [6, 6.07) is 12.2. The Morgan fingerprint density at radius 3 is 2.83 bits per heavy atom. The molecular formula is C17H19N5S. The summed E-state index contributed by atoms with van der Waals surface area (Å²) >= 11 is 5.35. The second-order valence-corrected chi connectivity index (χ2v) is 5.68. The topological polar surface area (TPSA) is 78.8 Å². The zero-order valence-electron chi connectivity index (χ0n) is 12.7. The van der Waals surface area contributed by atoms with E-state index in [9.17, 15) is 0 Å². The van der Waals surface area contributed by atoms with Gasteiger partial charge in [-0.1, -0.05) is 24.3 Å². The maximum absolute atomic E-state index is 5.66. The molecule has 0 radical (unpaired) electrons. The first kappa shape index (κ1) is 15.5. The molecule has 0 atom stereocenters. The highest BCUT2D eigenvalue weighted by Crippen LogP contribution is 2.14. The fourth-order valence-electron chi connectivity index (χ4n) is 2.46. The third kappa shape index (κ3) is 3.85. The normalized spacial score (nSPS) is 10.7. The van der Waals surface area contributed by atoms with E-state index in [1.807, 2.05) is 30.5 Å². The fraction of sp³-hybridized carbons (Fsp3) is 0.176. The van der Waals surface area contributed by atoms with Crippen LogP contribution in [-0.4, -0.2) is 15.1 Å². The van der Waals surface area contributed by atoms with Gasteiger partial charge >= 0.3 is 0 Å². The van der Waals surface area contributed by atoms with E-state index >= 15 is 0 Å². The Morgan fingerprint density at radius 2 is 1.96 bits per heavy atom. The van der Waals surface area contributed by atoms with Crippen molar-refractivity contribution in [3.05, 3.63) is 65.5 Å². The van der Waals surface area contributed by atoms with E-state index in [2.05, 4.69) is 32.7 Å². The Labute approximate surface area is 140 Å². The second-order valence-electron chi connectivity index (χ2n) is 5.27. The Bertz CT molecular complexity index is 811. The number of aromatic nitrogens is 2. The number of rotatable bonds is 5. The molecule has 1 aromatic carbocycles. The summed E-state index contributed by atoms with van der Waals surface area (Å²) in [5.41, 5.74) is 9.99. The maximum Gasteiger partial charge on any atom is 0.166 e. The van der Waals surface area contributed by atoms with Crippen molar-refractivity contribution in [2.75, 3.05) is 0 Å². The molecule has 2 aromatic heterocycles. The summed E-state index contributed by atoms with van der Waals surface area (Å²) in [6.07, 6.45) is 3.69. The van der Waals surface area contributed by atoms with Crippen LogP contribution in [0, 0.1) is 0 Å². The molecule has 2 heterocycles. The molecule has 0 bridgehead atoms. The van der Waals surface area contributed by atoms with Crippen molar-refractivity contribution in [3.63, 3.8) is 0 Å². The van der Waals surface area contributed by atoms with Gasteiger partial charge in [-0.3, -0.25) is 0 Å². The first-order valence-corrected chi connectivity index (χ1v) is 7.87. The van der Waals surface area contributed by atoms with Gasteiger partial charge in [-0.05, 0) is 41.0 Å². The maximum atomic E-state index is 5.66. The predicted molar refractivity (Wildman–Crippen MR) is 96.7 cm³/mol. The van der Waals surface area contributed by atoms with E-state index < -0.39 is 0 Å². The number of hydrogen-bond donors (Lipinski definition) is 4. The van der Waals surface area contributed by atoms with Crippen LogP contribution in [0.5, 0.6) is 0 Å². The van der Waals surface area contributed by atoms with Crippen molar-refractivity contribution >= 4 is 28.4 Å². The van der Waals surface area contributed by atoms with Crippen LogP contribution in [0.4, 0.5) is 0 Å². The van der Waals surface area contributed by atoms with E-state index in [0.717, 1.165) is 27.7 Å². The number of nitrogens with one attached hydrogen (secondary N) is 3. The molecule has 0 fully saturated rings. The number of nitrogens with zero attached hydrogens (tertiary/aromatic N) is 1. The molecule has 0 saturated carbocycles. The van der Waals surface area contributed by atoms with Crippen LogP contribution in [0.15, 0.2) is 48.8 Å². The number of nitrogens with two attached hydrogens (primary N) is 1. The molecule has 0 amide bonds. The van der Waals surface area contributed by atoms with Crippen molar-refractivity contribution in [1.29, 1.82) is 0 Å². The van der Waals surface area contributed by atoms with Crippen molar-refractivity contribution < 1.29 is 0 Å². The monoisotopic (exact) mass is 325 g/mol. The van der Waals surface area contributed by atoms with Crippen LogP contribution in [0.1, 0.15) is 16.7 Å². The molecule has 3 rings (SSSR count). The molecule has 5 nitrogen and oxygen atoms in total. The van der Waals surface area contributed by atoms with Gasteiger partial charge in [-0.25, -0.2) is 4.98 Å². The SMILES string of the molecule is NCc1cccc(CNC(=S)NCc2ccnc3[nH]ccc23)c1. The molecule has 0 saturated heterocycles. The zero-order chi connectivity index (χ0) is 16.1. The highest BCUT2D eigenvalue weighted by molar-refractivity contribution is 7.80. The summed E-state index contributed by atoms with van der Waals surface area (Å²) in [7, 11) is 0. The van der Waals surface area contributed by atoms with Gasteiger partial charge in [0.15, 0.2) is 5.11 Å². The molecule has 0 spiro atoms. The van der Waals surface area contributed by atoms with Gasteiger partial charge in [0, 0.05) is 37.4 Å². The summed E-state index contributed by atoms with van der Waals surface area (Å²) < 4.78 is 0. The lowest BCUT2D eigenvalue weighted by Crippen LogP contribution is -2.34. The van der Waals surface area contributed by atoms with Gasteiger partial charge in [0.1, 0.15) is 5.65 Å². The van der Waals surface area contributed by atoms with Crippen molar-refractivity contribution in [2.45, 2.75) is 19.6 Å². The van der Waals surface area contributed by atoms with E-state index in [-0.39, 0.29) is 0 Å². The Hall–Kier alpha value is -2.44. The van der Waals surface area contributed by atoms with E-state index in [0.29, 0.717) is 24.7 Å². The largest absolute Gasteiger partial charge is 0.359 e. The molecule has 0 aliphatic heterocycles. The summed E-state index contributed by atoms with van der Waals surface area (Å²) in [5, 5.41) is 8.19. The predicted octanol–water partition coefficient (Wildman–Crippen LogP) is 2.19. The molecule has 0 aliphatic carbocycles.